The first-order valence-electron chi connectivity index (χ1n) is 12.8. The first-order chi connectivity index (χ1) is 19.8. The lowest BCUT2D eigenvalue weighted by atomic mass is 10.0. The van der Waals surface area contributed by atoms with Crippen LogP contribution in [-0.2, 0) is 11.3 Å². The van der Waals surface area contributed by atoms with Crippen LogP contribution < -0.4 is 4.74 Å². The first kappa shape index (κ1) is 28.7. The summed E-state index contributed by atoms with van der Waals surface area (Å²) < 4.78 is 13.4. The van der Waals surface area contributed by atoms with Crippen molar-refractivity contribution in [3.63, 3.8) is 0 Å². The molecule has 0 aliphatic rings. The van der Waals surface area contributed by atoms with Crippen molar-refractivity contribution in [2.45, 2.75) is 13.5 Å². The van der Waals surface area contributed by atoms with Gasteiger partial charge in [-0.15, -0.1) is 0 Å². The van der Waals surface area contributed by atoms with Gasteiger partial charge in [-0.05, 0) is 94.2 Å². The van der Waals surface area contributed by atoms with Gasteiger partial charge in [0, 0.05) is 27.8 Å². The van der Waals surface area contributed by atoms with Crippen molar-refractivity contribution in [2.75, 3.05) is 7.11 Å². The zero-order valence-corrected chi connectivity index (χ0v) is 25.4. The molecule has 0 N–H and O–H groups in total. The van der Waals surface area contributed by atoms with E-state index in [9.17, 15) is 4.79 Å². The molecule has 0 saturated heterocycles. The van der Waals surface area contributed by atoms with E-state index in [1.165, 1.54) is 7.11 Å². The van der Waals surface area contributed by atoms with Crippen LogP contribution in [-0.4, -0.2) is 22.6 Å². The fourth-order valence-electron chi connectivity index (χ4n) is 4.29. The van der Waals surface area contributed by atoms with Crippen LogP contribution >= 0.6 is 39.1 Å². The number of imidazole rings is 1. The summed E-state index contributed by atoms with van der Waals surface area (Å²) in [5.41, 5.74) is 5.32. The second kappa shape index (κ2) is 12.8. The average molecular weight is 648 g/mol. The number of esters is 1. The van der Waals surface area contributed by atoms with Gasteiger partial charge in [-0.2, -0.15) is 0 Å². The third kappa shape index (κ3) is 6.73. The van der Waals surface area contributed by atoms with E-state index in [1.807, 2.05) is 54.7 Å². The highest BCUT2D eigenvalue weighted by Gasteiger charge is 2.12. The molecule has 0 spiro atoms. The van der Waals surface area contributed by atoms with Crippen molar-refractivity contribution >= 4 is 57.3 Å². The molecule has 41 heavy (non-hydrogen) atoms. The molecule has 0 amide bonds. The van der Waals surface area contributed by atoms with E-state index in [2.05, 4.69) is 51.7 Å². The Morgan fingerprint density at radius 3 is 2.22 bits per heavy atom. The van der Waals surface area contributed by atoms with E-state index < -0.39 is 5.97 Å². The summed E-state index contributed by atoms with van der Waals surface area (Å²) in [6, 6.07) is 26.8. The smallest absolute Gasteiger partial charge is 0.339 e. The van der Waals surface area contributed by atoms with E-state index >= 15 is 0 Å². The maximum Gasteiger partial charge on any atom is 0.339 e. The molecule has 0 unspecified atom stereocenters. The minimum atomic E-state index is -0.407. The Bertz CT molecular complexity index is 1730. The number of methoxy groups -OCH3 is 1. The van der Waals surface area contributed by atoms with Crippen molar-refractivity contribution < 1.29 is 14.3 Å². The molecule has 4 aromatic carbocycles. The Balaban J connectivity index is 1.27. The number of hydrogen-bond acceptors (Lipinski definition) is 4. The number of halogens is 3. The third-order valence-corrected chi connectivity index (χ3v) is 7.66. The van der Waals surface area contributed by atoms with Crippen LogP contribution in [0.25, 0.3) is 34.5 Å². The normalized spacial score (nSPS) is 11.1. The van der Waals surface area contributed by atoms with Gasteiger partial charge in [0.15, 0.2) is 0 Å². The molecular weight excluding hydrogens is 623 g/mol. The summed E-state index contributed by atoms with van der Waals surface area (Å²) in [5, 5.41) is 1.17. The molecule has 206 valence electrons. The lowest BCUT2D eigenvalue weighted by Gasteiger charge is -2.09. The summed E-state index contributed by atoms with van der Waals surface area (Å²) in [5.74, 6) is 1.74. The first-order valence-corrected chi connectivity index (χ1v) is 14.4. The monoisotopic (exact) mass is 646 g/mol. The number of hydrogen-bond donors (Lipinski definition) is 0. The highest BCUT2D eigenvalue weighted by Crippen LogP contribution is 2.31. The zero-order valence-electron chi connectivity index (χ0n) is 22.3. The van der Waals surface area contributed by atoms with Gasteiger partial charge in [-0.1, -0.05) is 65.7 Å². The van der Waals surface area contributed by atoms with E-state index in [1.54, 1.807) is 24.3 Å². The second-order valence-corrected chi connectivity index (χ2v) is 10.8. The second-order valence-electron chi connectivity index (χ2n) is 9.11. The van der Waals surface area contributed by atoms with Crippen LogP contribution in [0.5, 0.6) is 11.5 Å². The zero-order chi connectivity index (χ0) is 28.9. The molecule has 0 aliphatic carbocycles. The Hall–Kier alpha value is -3.84. The number of rotatable bonds is 8. The third-order valence-electron chi connectivity index (χ3n) is 6.46. The number of ether oxygens (including phenoxy) is 2. The number of carbonyl (C=O) groups is 1. The summed E-state index contributed by atoms with van der Waals surface area (Å²) in [4.78, 5) is 16.6. The highest BCUT2D eigenvalue weighted by molar-refractivity contribution is 9.10. The summed E-state index contributed by atoms with van der Waals surface area (Å²) in [7, 11) is 1.35. The molecule has 1 heterocycles. The minimum Gasteiger partial charge on any atom is -0.465 e. The van der Waals surface area contributed by atoms with Crippen LogP contribution in [0.1, 0.15) is 28.7 Å². The molecule has 0 radical (unpaired) electrons. The number of nitrogens with zero attached hydrogens (tertiary/aromatic N) is 2. The molecule has 0 aliphatic heterocycles. The van der Waals surface area contributed by atoms with Crippen molar-refractivity contribution in [1.29, 1.82) is 0 Å². The van der Waals surface area contributed by atoms with Crippen LogP contribution in [0.2, 0.25) is 10.0 Å². The number of aromatic nitrogens is 2. The van der Waals surface area contributed by atoms with Crippen molar-refractivity contribution in [1.82, 2.24) is 9.55 Å². The summed E-state index contributed by atoms with van der Waals surface area (Å²) in [6.45, 7) is 2.86. The molecule has 5 rings (SSSR count). The maximum absolute atomic E-state index is 11.8. The molecule has 0 atom stereocenters. The molecule has 1 aromatic heterocycles. The molecule has 8 heteroatoms. The van der Waals surface area contributed by atoms with E-state index in [0.717, 1.165) is 40.3 Å². The van der Waals surface area contributed by atoms with Crippen LogP contribution in [0.3, 0.4) is 0 Å². The fraction of sp³-hybridized carbons (Fsp3) is 0.0909. The van der Waals surface area contributed by atoms with Gasteiger partial charge < -0.3 is 14.0 Å². The van der Waals surface area contributed by atoms with Gasteiger partial charge in [0.25, 0.3) is 0 Å². The average Bonchev–Trinajstić information content (AvgIpc) is 3.39. The van der Waals surface area contributed by atoms with Gasteiger partial charge in [-0.3, -0.25) is 0 Å². The molecule has 0 bridgehead atoms. The van der Waals surface area contributed by atoms with Crippen LogP contribution in [0.15, 0.2) is 95.6 Å². The Kier molecular flexibility index (Phi) is 8.93. The lowest BCUT2D eigenvalue weighted by Crippen LogP contribution is -2.02. The number of carbonyl (C=O) groups excluding carboxylic acids is 1. The highest BCUT2D eigenvalue weighted by atomic mass is 79.9. The number of benzene rings is 4. The quantitative estimate of drug-likeness (QED) is 0.157. The van der Waals surface area contributed by atoms with Gasteiger partial charge in [0.05, 0.1) is 23.4 Å². The van der Waals surface area contributed by atoms with Gasteiger partial charge >= 0.3 is 5.97 Å². The molecule has 0 saturated carbocycles. The summed E-state index contributed by atoms with van der Waals surface area (Å²) >= 11 is 15.9. The predicted octanol–water partition coefficient (Wildman–Crippen LogP) is 10.1. The van der Waals surface area contributed by atoms with Crippen LogP contribution in [0, 0.1) is 0 Å². The Morgan fingerprint density at radius 2 is 1.59 bits per heavy atom. The standard InChI is InChI=1S/C33H25BrCl2N2O3/c1-3-38-20-31(28-15-11-24(35)18-30(28)36)37-32(38)17-6-21-4-7-22(8-5-21)23-9-12-25(13-10-23)41-26-14-16-27(29(34)19-26)33(39)40-2/h4-20H,3H2,1-2H3. The lowest BCUT2D eigenvalue weighted by molar-refractivity contribution is 0.0599. The van der Waals surface area contributed by atoms with Gasteiger partial charge in [0.2, 0.25) is 0 Å². The van der Waals surface area contributed by atoms with Gasteiger partial charge in [-0.25, -0.2) is 9.78 Å². The van der Waals surface area contributed by atoms with E-state index in [-0.39, 0.29) is 0 Å². The van der Waals surface area contributed by atoms with Crippen molar-refractivity contribution in [3.8, 4) is 33.9 Å². The Labute approximate surface area is 257 Å². The maximum atomic E-state index is 11.8. The van der Waals surface area contributed by atoms with E-state index in [4.69, 9.17) is 37.7 Å². The molecule has 0 fully saturated rings. The Morgan fingerprint density at radius 1 is 0.902 bits per heavy atom. The minimum absolute atomic E-state index is 0.407. The fourth-order valence-corrected chi connectivity index (χ4v) is 5.31. The largest absolute Gasteiger partial charge is 0.465 e. The predicted molar refractivity (Wildman–Crippen MR) is 170 cm³/mol. The molecule has 5 nitrogen and oxygen atoms in total. The number of aryl methyl sites for hydroxylation is 1. The van der Waals surface area contributed by atoms with Crippen molar-refractivity contribution in [3.05, 3.63) is 123 Å². The molecule has 5 aromatic rings. The SMILES string of the molecule is CCn1cc(-c2ccc(Cl)cc2Cl)nc1C=Cc1ccc(-c2ccc(Oc3ccc(C(=O)OC)c(Br)c3)cc2)cc1. The van der Waals surface area contributed by atoms with Crippen LogP contribution in [0.4, 0.5) is 0 Å². The summed E-state index contributed by atoms with van der Waals surface area (Å²) in [6.07, 6.45) is 6.06. The van der Waals surface area contributed by atoms with E-state index in [0.29, 0.717) is 31.6 Å². The van der Waals surface area contributed by atoms with Gasteiger partial charge in [0.1, 0.15) is 17.3 Å². The topological polar surface area (TPSA) is 53.4 Å². The molecular formula is C33H25BrCl2N2O3. The van der Waals surface area contributed by atoms with Crippen molar-refractivity contribution in [2.24, 2.45) is 0 Å².